The second-order valence-electron chi connectivity index (χ2n) is 5.03. The Morgan fingerprint density at radius 3 is 3.05 bits per heavy atom. The lowest BCUT2D eigenvalue weighted by molar-refractivity contribution is 0.174. The second-order valence-corrected chi connectivity index (χ2v) is 5.03. The maximum Gasteiger partial charge on any atom is 0.231 e. The summed E-state index contributed by atoms with van der Waals surface area (Å²) < 4.78 is 14.6. The third-order valence-corrected chi connectivity index (χ3v) is 3.59. The summed E-state index contributed by atoms with van der Waals surface area (Å²) in [5.74, 6) is 2.45. The molecule has 0 unspecified atom stereocenters. The highest BCUT2D eigenvalue weighted by molar-refractivity contribution is 5.49. The SMILES string of the molecule is c1cn(CCCc2ncnn2-c2ccc3c(c2)OCO3)cn1. The van der Waals surface area contributed by atoms with Gasteiger partial charge in [-0.05, 0) is 18.6 Å². The lowest BCUT2D eigenvalue weighted by Crippen LogP contribution is -2.05. The lowest BCUT2D eigenvalue weighted by atomic mass is 10.2. The predicted molar refractivity (Wildman–Crippen MR) is 78.0 cm³/mol. The van der Waals surface area contributed by atoms with E-state index in [4.69, 9.17) is 9.47 Å². The smallest absolute Gasteiger partial charge is 0.231 e. The Labute approximate surface area is 127 Å². The fraction of sp³-hybridized carbons (Fsp3) is 0.267. The number of hydrogen-bond acceptors (Lipinski definition) is 5. The van der Waals surface area contributed by atoms with Crippen molar-refractivity contribution in [2.75, 3.05) is 6.79 Å². The van der Waals surface area contributed by atoms with E-state index in [2.05, 4.69) is 19.6 Å². The minimum atomic E-state index is 0.272. The van der Waals surface area contributed by atoms with Gasteiger partial charge in [-0.3, -0.25) is 0 Å². The fourth-order valence-electron chi connectivity index (χ4n) is 2.51. The maximum atomic E-state index is 5.41. The Bertz CT molecular complexity index is 766. The van der Waals surface area contributed by atoms with Crippen LogP contribution in [0.4, 0.5) is 0 Å². The molecule has 0 atom stereocenters. The first kappa shape index (κ1) is 12.9. The minimum Gasteiger partial charge on any atom is -0.454 e. The molecule has 7 nitrogen and oxygen atoms in total. The number of imidazole rings is 1. The van der Waals surface area contributed by atoms with Crippen LogP contribution < -0.4 is 9.47 Å². The van der Waals surface area contributed by atoms with E-state index in [1.54, 1.807) is 12.5 Å². The Morgan fingerprint density at radius 2 is 2.14 bits per heavy atom. The van der Waals surface area contributed by atoms with Crippen LogP contribution in [0.5, 0.6) is 11.5 Å². The van der Waals surface area contributed by atoms with Crippen LogP contribution in [0.15, 0.2) is 43.2 Å². The molecule has 0 N–H and O–H groups in total. The second kappa shape index (κ2) is 5.51. The van der Waals surface area contributed by atoms with Crippen LogP contribution in [0, 0.1) is 0 Å². The summed E-state index contributed by atoms with van der Waals surface area (Å²) in [5, 5.41) is 4.32. The van der Waals surface area contributed by atoms with Gasteiger partial charge in [0.1, 0.15) is 12.2 Å². The van der Waals surface area contributed by atoms with Crippen LogP contribution in [-0.2, 0) is 13.0 Å². The minimum absolute atomic E-state index is 0.272. The summed E-state index contributed by atoms with van der Waals surface area (Å²) in [4.78, 5) is 8.40. The molecule has 0 saturated heterocycles. The number of ether oxygens (including phenoxy) is 2. The molecule has 1 aliphatic heterocycles. The Hall–Kier alpha value is -2.83. The van der Waals surface area contributed by atoms with Gasteiger partial charge in [-0.1, -0.05) is 0 Å². The molecule has 22 heavy (non-hydrogen) atoms. The van der Waals surface area contributed by atoms with Gasteiger partial charge in [0.2, 0.25) is 6.79 Å². The number of aryl methyl sites for hydroxylation is 2. The van der Waals surface area contributed by atoms with Crippen molar-refractivity contribution in [1.29, 1.82) is 0 Å². The highest BCUT2D eigenvalue weighted by atomic mass is 16.7. The standard InChI is InChI=1S/C15H15N5O2/c1(6-19-7-5-16-10-19)2-15-17-9-18-20(15)12-3-4-13-14(8-12)22-11-21-13/h3-5,7-10H,1-2,6,11H2. The van der Waals surface area contributed by atoms with Crippen LogP contribution in [0.3, 0.4) is 0 Å². The van der Waals surface area contributed by atoms with Crippen molar-refractivity contribution in [3.05, 3.63) is 49.1 Å². The molecule has 0 aliphatic carbocycles. The largest absolute Gasteiger partial charge is 0.454 e. The lowest BCUT2D eigenvalue weighted by Gasteiger charge is -2.07. The van der Waals surface area contributed by atoms with Gasteiger partial charge < -0.3 is 14.0 Å². The summed E-state index contributed by atoms with van der Waals surface area (Å²) in [5.41, 5.74) is 0.930. The first-order valence-corrected chi connectivity index (χ1v) is 7.15. The van der Waals surface area contributed by atoms with Gasteiger partial charge in [0.15, 0.2) is 11.5 Å². The zero-order chi connectivity index (χ0) is 14.8. The van der Waals surface area contributed by atoms with Gasteiger partial charge in [0.25, 0.3) is 0 Å². The van der Waals surface area contributed by atoms with E-state index in [0.717, 1.165) is 42.4 Å². The van der Waals surface area contributed by atoms with E-state index in [1.807, 2.05) is 35.4 Å². The summed E-state index contributed by atoms with van der Waals surface area (Å²) in [6.45, 7) is 1.18. The summed E-state index contributed by atoms with van der Waals surface area (Å²) in [7, 11) is 0. The van der Waals surface area contributed by atoms with E-state index in [1.165, 1.54) is 0 Å². The monoisotopic (exact) mass is 297 g/mol. The Kier molecular flexibility index (Phi) is 3.23. The van der Waals surface area contributed by atoms with Crippen molar-refractivity contribution in [1.82, 2.24) is 24.3 Å². The molecule has 0 radical (unpaired) electrons. The van der Waals surface area contributed by atoms with Crippen molar-refractivity contribution in [3.8, 4) is 17.2 Å². The molecule has 0 amide bonds. The average molecular weight is 297 g/mol. The molecule has 0 bridgehead atoms. The molecule has 7 heteroatoms. The van der Waals surface area contributed by atoms with E-state index in [-0.39, 0.29) is 6.79 Å². The van der Waals surface area contributed by atoms with Crippen LogP contribution in [0.1, 0.15) is 12.2 Å². The van der Waals surface area contributed by atoms with Crippen LogP contribution >= 0.6 is 0 Å². The molecule has 1 aliphatic rings. The van der Waals surface area contributed by atoms with Gasteiger partial charge in [-0.25, -0.2) is 14.6 Å². The van der Waals surface area contributed by atoms with Gasteiger partial charge in [-0.2, -0.15) is 5.10 Å². The topological polar surface area (TPSA) is 67.0 Å². The highest BCUT2D eigenvalue weighted by Gasteiger charge is 2.15. The van der Waals surface area contributed by atoms with Gasteiger partial charge in [0, 0.05) is 31.4 Å². The van der Waals surface area contributed by atoms with Crippen molar-refractivity contribution in [2.45, 2.75) is 19.4 Å². The molecule has 1 aromatic carbocycles. The molecule has 0 spiro atoms. The summed E-state index contributed by atoms with van der Waals surface area (Å²) in [6.07, 6.45) is 8.96. The molecular formula is C15H15N5O2. The summed E-state index contributed by atoms with van der Waals surface area (Å²) >= 11 is 0. The Morgan fingerprint density at radius 1 is 1.18 bits per heavy atom. The Balaban J connectivity index is 1.50. The van der Waals surface area contributed by atoms with Crippen molar-refractivity contribution >= 4 is 0 Å². The third kappa shape index (κ3) is 2.41. The van der Waals surface area contributed by atoms with E-state index < -0.39 is 0 Å². The fourth-order valence-corrected chi connectivity index (χ4v) is 2.51. The zero-order valence-electron chi connectivity index (χ0n) is 11.9. The molecule has 2 aromatic heterocycles. The first-order chi connectivity index (χ1) is 10.9. The number of hydrogen-bond donors (Lipinski definition) is 0. The predicted octanol–water partition coefficient (Wildman–Crippen LogP) is 1.83. The van der Waals surface area contributed by atoms with Gasteiger partial charge in [-0.15, -0.1) is 0 Å². The van der Waals surface area contributed by atoms with Crippen molar-refractivity contribution in [2.24, 2.45) is 0 Å². The molecule has 4 rings (SSSR count). The zero-order valence-corrected chi connectivity index (χ0v) is 11.9. The molecule has 3 heterocycles. The van der Waals surface area contributed by atoms with Gasteiger partial charge in [0.05, 0.1) is 12.0 Å². The van der Waals surface area contributed by atoms with Crippen LogP contribution in [0.2, 0.25) is 0 Å². The van der Waals surface area contributed by atoms with E-state index >= 15 is 0 Å². The molecule has 0 fully saturated rings. The summed E-state index contributed by atoms with van der Waals surface area (Å²) in [6, 6.07) is 5.78. The third-order valence-electron chi connectivity index (χ3n) is 3.59. The van der Waals surface area contributed by atoms with E-state index in [9.17, 15) is 0 Å². The van der Waals surface area contributed by atoms with Crippen LogP contribution in [0.25, 0.3) is 5.69 Å². The number of fused-ring (bicyclic) bond motifs is 1. The van der Waals surface area contributed by atoms with Crippen molar-refractivity contribution < 1.29 is 9.47 Å². The average Bonchev–Trinajstić information content (AvgIpc) is 3.28. The first-order valence-electron chi connectivity index (χ1n) is 7.15. The van der Waals surface area contributed by atoms with E-state index in [0.29, 0.717) is 0 Å². The number of benzene rings is 1. The molecule has 0 saturated carbocycles. The normalized spacial score (nSPS) is 12.7. The highest BCUT2D eigenvalue weighted by Crippen LogP contribution is 2.33. The maximum absolute atomic E-state index is 5.41. The molecule has 112 valence electrons. The molecule has 3 aromatic rings. The quantitative estimate of drug-likeness (QED) is 0.718. The van der Waals surface area contributed by atoms with Crippen molar-refractivity contribution in [3.63, 3.8) is 0 Å². The molecular weight excluding hydrogens is 282 g/mol. The van der Waals surface area contributed by atoms with Gasteiger partial charge >= 0.3 is 0 Å². The number of rotatable bonds is 5. The number of aromatic nitrogens is 5. The van der Waals surface area contributed by atoms with Crippen LogP contribution in [-0.4, -0.2) is 31.1 Å². The number of nitrogens with zero attached hydrogens (tertiary/aromatic N) is 5.